The van der Waals surface area contributed by atoms with E-state index < -0.39 is 16.1 Å². The van der Waals surface area contributed by atoms with Crippen molar-refractivity contribution >= 4 is 33.6 Å². The maximum absolute atomic E-state index is 13.5. The van der Waals surface area contributed by atoms with E-state index in [1.165, 1.54) is 24.3 Å². The molecule has 1 N–H and O–H groups in total. The summed E-state index contributed by atoms with van der Waals surface area (Å²) in [4.78, 5) is 17.6. The summed E-state index contributed by atoms with van der Waals surface area (Å²) in [5.41, 5.74) is 2.04. The predicted octanol–water partition coefficient (Wildman–Crippen LogP) is 4.09. The molecule has 0 bridgehead atoms. The molecule has 0 unspecified atom stereocenters. The van der Waals surface area contributed by atoms with E-state index in [1.807, 2.05) is 48.5 Å². The Morgan fingerprint density at radius 2 is 1.50 bits per heavy atom. The Bertz CT molecular complexity index is 1260. The van der Waals surface area contributed by atoms with Crippen LogP contribution >= 0.6 is 11.6 Å². The molecular formula is C28H30ClN3O3S. The van der Waals surface area contributed by atoms with Crippen molar-refractivity contribution < 1.29 is 13.2 Å². The lowest BCUT2D eigenvalue weighted by Gasteiger charge is -2.36. The summed E-state index contributed by atoms with van der Waals surface area (Å²) in [6, 6.07) is 24.6. The second kappa shape index (κ2) is 12.3. The maximum Gasteiger partial charge on any atom is 0.241 e. The monoisotopic (exact) mass is 523 g/mol. The second-order valence-electron chi connectivity index (χ2n) is 8.76. The lowest BCUT2D eigenvalue weighted by molar-refractivity contribution is -0.134. The molecule has 0 saturated carbocycles. The Kier molecular flexibility index (Phi) is 8.93. The van der Waals surface area contributed by atoms with Gasteiger partial charge in [-0.15, -0.1) is 0 Å². The summed E-state index contributed by atoms with van der Waals surface area (Å²) >= 11 is 5.92. The molecule has 0 spiro atoms. The van der Waals surface area contributed by atoms with Crippen LogP contribution in [0.2, 0.25) is 5.02 Å². The highest BCUT2D eigenvalue weighted by atomic mass is 35.5. The van der Waals surface area contributed by atoms with Gasteiger partial charge in [-0.3, -0.25) is 9.69 Å². The van der Waals surface area contributed by atoms with Crippen LogP contribution in [0.15, 0.2) is 95.9 Å². The van der Waals surface area contributed by atoms with E-state index in [4.69, 9.17) is 11.6 Å². The molecule has 1 fully saturated rings. The fourth-order valence-electron chi connectivity index (χ4n) is 4.17. The van der Waals surface area contributed by atoms with Crippen molar-refractivity contribution in [2.45, 2.75) is 17.4 Å². The zero-order valence-electron chi connectivity index (χ0n) is 20.0. The van der Waals surface area contributed by atoms with Gasteiger partial charge in [0.15, 0.2) is 0 Å². The van der Waals surface area contributed by atoms with Gasteiger partial charge in [-0.2, -0.15) is 4.72 Å². The molecule has 6 nitrogen and oxygen atoms in total. The first-order valence-corrected chi connectivity index (χ1v) is 13.8. The van der Waals surface area contributed by atoms with E-state index in [1.54, 1.807) is 4.90 Å². The van der Waals surface area contributed by atoms with Gasteiger partial charge in [-0.05, 0) is 41.8 Å². The highest BCUT2D eigenvalue weighted by Gasteiger charge is 2.31. The van der Waals surface area contributed by atoms with Gasteiger partial charge in [-0.25, -0.2) is 8.42 Å². The highest BCUT2D eigenvalue weighted by Crippen LogP contribution is 2.16. The SMILES string of the molecule is O=C([C@H](Cc1ccccc1)NS(=O)(=O)c1ccc(Cl)cc1)N1CCN(C/C=C/c2ccccc2)CC1. The maximum atomic E-state index is 13.5. The molecule has 3 aromatic carbocycles. The molecule has 1 heterocycles. The zero-order chi connectivity index (χ0) is 25.4. The number of nitrogens with one attached hydrogen (secondary N) is 1. The number of hydrogen-bond acceptors (Lipinski definition) is 4. The van der Waals surface area contributed by atoms with Crippen molar-refractivity contribution in [2.24, 2.45) is 0 Å². The number of nitrogens with zero attached hydrogens (tertiary/aromatic N) is 2. The van der Waals surface area contributed by atoms with E-state index >= 15 is 0 Å². The molecule has 36 heavy (non-hydrogen) atoms. The molecule has 1 atom stereocenters. The molecule has 1 aliphatic rings. The van der Waals surface area contributed by atoms with Crippen LogP contribution < -0.4 is 4.72 Å². The van der Waals surface area contributed by atoms with E-state index in [0.717, 1.165) is 30.8 Å². The standard InChI is InChI=1S/C28H30ClN3O3S/c29-25-13-15-26(16-14-25)36(34,35)30-27(22-24-10-5-2-6-11-24)28(33)32-20-18-31(19-21-32)17-7-12-23-8-3-1-4-9-23/h1-16,27,30H,17-22H2/b12-7+/t27-/m0/s1. The lowest BCUT2D eigenvalue weighted by atomic mass is 10.1. The molecule has 1 aliphatic heterocycles. The Hall–Kier alpha value is -2.97. The molecule has 0 aliphatic carbocycles. The normalized spacial score (nSPS) is 15.8. The van der Waals surface area contributed by atoms with E-state index in [-0.39, 0.29) is 17.2 Å². The molecule has 8 heteroatoms. The van der Waals surface area contributed by atoms with Crippen LogP contribution in [-0.4, -0.2) is 62.9 Å². The van der Waals surface area contributed by atoms with Crippen molar-refractivity contribution in [1.82, 2.24) is 14.5 Å². The third-order valence-electron chi connectivity index (χ3n) is 6.16. The zero-order valence-corrected chi connectivity index (χ0v) is 21.5. The quantitative estimate of drug-likeness (QED) is 0.459. The molecule has 1 amide bonds. The second-order valence-corrected chi connectivity index (χ2v) is 10.9. The number of amides is 1. The van der Waals surface area contributed by atoms with E-state index in [2.05, 4.69) is 33.9 Å². The van der Waals surface area contributed by atoms with Gasteiger partial charge < -0.3 is 4.90 Å². The number of carbonyl (C=O) groups excluding carboxylic acids is 1. The van der Waals surface area contributed by atoms with Crippen molar-refractivity contribution in [3.05, 3.63) is 107 Å². The number of rotatable bonds is 9. The average molecular weight is 524 g/mol. The first-order valence-electron chi connectivity index (χ1n) is 12.0. The Morgan fingerprint density at radius 3 is 2.14 bits per heavy atom. The third kappa shape index (κ3) is 7.27. The topological polar surface area (TPSA) is 69.7 Å². The largest absolute Gasteiger partial charge is 0.339 e. The molecule has 1 saturated heterocycles. The number of benzene rings is 3. The van der Waals surface area contributed by atoms with Crippen LogP contribution in [0, 0.1) is 0 Å². The number of hydrogen-bond donors (Lipinski definition) is 1. The number of piperazine rings is 1. The number of sulfonamides is 1. The molecule has 0 radical (unpaired) electrons. The van der Waals surface area contributed by atoms with Crippen molar-refractivity contribution in [1.29, 1.82) is 0 Å². The fraction of sp³-hybridized carbons (Fsp3) is 0.250. The van der Waals surface area contributed by atoms with Crippen LogP contribution in [0.1, 0.15) is 11.1 Å². The van der Waals surface area contributed by atoms with Gasteiger partial charge in [0.25, 0.3) is 0 Å². The summed E-state index contributed by atoms with van der Waals surface area (Å²) in [6.07, 6.45) is 4.50. The minimum Gasteiger partial charge on any atom is -0.339 e. The first-order chi connectivity index (χ1) is 17.4. The summed E-state index contributed by atoms with van der Waals surface area (Å²) in [5.74, 6) is -0.212. The smallest absolute Gasteiger partial charge is 0.241 e. The van der Waals surface area contributed by atoms with Gasteiger partial charge in [0, 0.05) is 37.7 Å². The fourth-order valence-corrected chi connectivity index (χ4v) is 5.49. The number of carbonyl (C=O) groups is 1. The van der Waals surface area contributed by atoms with Gasteiger partial charge in [0.05, 0.1) is 4.90 Å². The highest BCUT2D eigenvalue weighted by molar-refractivity contribution is 7.89. The predicted molar refractivity (Wildman–Crippen MR) is 144 cm³/mol. The van der Waals surface area contributed by atoms with Crippen LogP contribution in [0.5, 0.6) is 0 Å². The van der Waals surface area contributed by atoms with E-state index in [9.17, 15) is 13.2 Å². The summed E-state index contributed by atoms with van der Waals surface area (Å²) in [5, 5.41) is 0.447. The van der Waals surface area contributed by atoms with Gasteiger partial charge in [-0.1, -0.05) is 84.4 Å². The van der Waals surface area contributed by atoms with E-state index in [0.29, 0.717) is 18.1 Å². The molecule has 188 valence electrons. The number of halogens is 1. The van der Waals surface area contributed by atoms with Crippen molar-refractivity contribution in [3.8, 4) is 0 Å². The molecule has 4 rings (SSSR count). The lowest BCUT2D eigenvalue weighted by Crippen LogP contribution is -2.55. The van der Waals surface area contributed by atoms with Crippen molar-refractivity contribution in [3.63, 3.8) is 0 Å². The van der Waals surface area contributed by atoms with Crippen LogP contribution in [0.25, 0.3) is 6.08 Å². The summed E-state index contributed by atoms with van der Waals surface area (Å²) in [7, 11) is -3.90. The van der Waals surface area contributed by atoms with Gasteiger partial charge in [0.2, 0.25) is 15.9 Å². The third-order valence-corrected chi connectivity index (χ3v) is 7.90. The Balaban J connectivity index is 1.41. The molecule has 0 aromatic heterocycles. The summed E-state index contributed by atoms with van der Waals surface area (Å²) < 4.78 is 28.8. The summed E-state index contributed by atoms with van der Waals surface area (Å²) in [6.45, 7) is 3.35. The Labute approximate surface area is 218 Å². The molecular weight excluding hydrogens is 494 g/mol. The first kappa shape index (κ1) is 26.1. The van der Waals surface area contributed by atoms with Gasteiger partial charge >= 0.3 is 0 Å². The Morgan fingerprint density at radius 1 is 0.889 bits per heavy atom. The minimum atomic E-state index is -3.90. The van der Waals surface area contributed by atoms with Crippen molar-refractivity contribution in [2.75, 3.05) is 32.7 Å². The molecule has 3 aromatic rings. The van der Waals surface area contributed by atoms with Gasteiger partial charge in [0.1, 0.15) is 6.04 Å². The van der Waals surface area contributed by atoms with Crippen LogP contribution in [-0.2, 0) is 21.2 Å². The van der Waals surface area contributed by atoms with Crippen LogP contribution in [0.3, 0.4) is 0 Å². The average Bonchev–Trinajstić information content (AvgIpc) is 2.90. The minimum absolute atomic E-state index is 0.0767. The van der Waals surface area contributed by atoms with Crippen LogP contribution in [0.4, 0.5) is 0 Å².